The molecule has 3 nitrogen and oxygen atoms in total. The summed E-state index contributed by atoms with van der Waals surface area (Å²) in [6.45, 7) is 2.07. The van der Waals surface area contributed by atoms with E-state index in [0.29, 0.717) is 5.11 Å². The fourth-order valence-corrected chi connectivity index (χ4v) is 3.11. The molecule has 0 aliphatic heterocycles. The van der Waals surface area contributed by atoms with Crippen LogP contribution < -0.4 is 10.6 Å². The topological polar surface area (TPSA) is 37.0 Å². The highest BCUT2D eigenvalue weighted by Gasteiger charge is 2.10. The first-order valence-corrected chi connectivity index (χ1v) is 8.54. The van der Waals surface area contributed by atoms with Gasteiger partial charge in [0.1, 0.15) is 0 Å². The summed E-state index contributed by atoms with van der Waals surface area (Å²) in [7, 11) is 0. The largest absolute Gasteiger partial charge is 0.332 e. The third-order valence-electron chi connectivity index (χ3n) is 4.14. The quantitative estimate of drug-likeness (QED) is 0.372. The Balaban J connectivity index is 1.74. The first-order chi connectivity index (χ1) is 12.2. The fourth-order valence-electron chi connectivity index (χ4n) is 2.89. The summed E-state index contributed by atoms with van der Waals surface area (Å²) in [6, 6.07) is 24.3. The standard InChI is InChI=1S/C21H17N3S/c1-14-10-12-15(13-11-14)22-21(25)24-20-16-6-2-4-8-18(16)23-19-9-5-3-7-17(19)20/h2-13H,1H3,(H2,22,23,24,25). The van der Waals surface area contributed by atoms with E-state index in [-0.39, 0.29) is 0 Å². The Hall–Kier alpha value is -2.98. The highest BCUT2D eigenvalue weighted by Crippen LogP contribution is 2.30. The minimum absolute atomic E-state index is 0.561. The van der Waals surface area contributed by atoms with Crippen molar-refractivity contribution in [2.24, 2.45) is 0 Å². The molecule has 2 N–H and O–H groups in total. The minimum atomic E-state index is 0.561. The van der Waals surface area contributed by atoms with Gasteiger partial charge in [0.15, 0.2) is 5.11 Å². The maximum absolute atomic E-state index is 5.53. The van der Waals surface area contributed by atoms with Gasteiger partial charge in [-0.2, -0.15) is 0 Å². The number of aromatic nitrogens is 1. The highest BCUT2D eigenvalue weighted by atomic mass is 32.1. The molecule has 0 bridgehead atoms. The molecule has 0 aliphatic carbocycles. The summed E-state index contributed by atoms with van der Waals surface area (Å²) in [5.74, 6) is 0. The number of pyridine rings is 1. The summed E-state index contributed by atoms with van der Waals surface area (Å²) in [5.41, 5.74) is 5.05. The van der Waals surface area contributed by atoms with Crippen molar-refractivity contribution in [2.75, 3.05) is 10.6 Å². The molecule has 1 heterocycles. The van der Waals surface area contributed by atoms with E-state index in [1.54, 1.807) is 0 Å². The summed E-state index contributed by atoms with van der Waals surface area (Å²) < 4.78 is 0. The summed E-state index contributed by atoms with van der Waals surface area (Å²) >= 11 is 5.53. The van der Waals surface area contributed by atoms with Gasteiger partial charge >= 0.3 is 0 Å². The number of nitrogens with zero attached hydrogens (tertiary/aromatic N) is 1. The first-order valence-electron chi connectivity index (χ1n) is 8.13. The Morgan fingerprint density at radius 3 is 1.92 bits per heavy atom. The van der Waals surface area contributed by atoms with E-state index >= 15 is 0 Å². The number of hydrogen-bond donors (Lipinski definition) is 2. The molecule has 0 unspecified atom stereocenters. The molecular weight excluding hydrogens is 326 g/mol. The molecule has 0 radical (unpaired) electrons. The maximum atomic E-state index is 5.53. The number of rotatable bonds is 2. The van der Waals surface area contributed by atoms with Crippen molar-refractivity contribution in [3.05, 3.63) is 78.4 Å². The van der Waals surface area contributed by atoms with Gasteiger partial charge in [-0.15, -0.1) is 0 Å². The van der Waals surface area contributed by atoms with Gasteiger partial charge in [0.25, 0.3) is 0 Å². The van der Waals surface area contributed by atoms with Crippen molar-refractivity contribution in [2.45, 2.75) is 6.92 Å². The Morgan fingerprint density at radius 2 is 1.32 bits per heavy atom. The van der Waals surface area contributed by atoms with Gasteiger partial charge in [-0.3, -0.25) is 0 Å². The molecule has 0 saturated carbocycles. The van der Waals surface area contributed by atoms with Crippen LogP contribution in [-0.4, -0.2) is 10.1 Å². The van der Waals surface area contributed by atoms with Gasteiger partial charge in [0.2, 0.25) is 0 Å². The number of fused-ring (bicyclic) bond motifs is 2. The molecule has 0 atom stereocenters. The zero-order valence-electron chi connectivity index (χ0n) is 13.8. The molecule has 4 aromatic rings. The normalized spacial score (nSPS) is 10.8. The van der Waals surface area contributed by atoms with Crippen molar-refractivity contribution in [1.29, 1.82) is 0 Å². The molecule has 0 spiro atoms. The van der Waals surface area contributed by atoms with Crippen LogP contribution in [0.3, 0.4) is 0 Å². The number of thiocarbonyl (C=S) groups is 1. The van der Waals surface area contributed by atoms with E-state index in [1.165, 1.54) is 5.56 Å². The minimum Gasteiger partial charge on any atom is -0.332 e. The predicted octanol–water partition coefficient (Wildman–Crippen LogP) is 5.51. The van der Waals surface area contributed by atoms with E-state index in [1.807, 2.05) is 48.5 Å². The summed E-state index contributed by atoms with van der Waals surface area (Å²) in [4.78, 5) is 4.74. The lowest BCUT2D eigenvalue weighted by Crippen LogP contribution is -2.19. The van der Waals surface area contributed by atoms with E-state index in [2.05, 4.69) is 41.8 Å². The zero-order valence-corrected chi connectivity index (χ0v) is 14.6. The lowest BCUT2D eigenvalue weighted by molar-refractivity contribution is 1.47. The van der Waals surface area contributed by atoms with Crippen LogP contribution in [0.2, 0.25) is 0 Å². The Kier molecular flexibility index (Phi) is 4.04. The monoisotopic (exact) mass is 343 g/mol. The van der Waals surface area contributed by atoms with Crippen LogP contribution in [0.5, 0.6) is 0 Å². The van der Waals surface area contributed by atoms with Crippen LogP contribution >= 0.6 is 12.2 Å². The SMILES string of the molecule is Cc1ccc(NC(=S)Nc2c3ccccc3nc3ccccc23)cc1. The van der Waals surface area contributed by atoms with Gasteiger partial charge in [-0.25, -0.2) is 4.98 Å². The summed E-state index contributed by atoms with van der Waals surface area (Å²) in [6.07, 6.45) is 0. The van der Waals surface area contributed by atoms with Crippen LogP contribution in [0.1, 0.15) is 5.56 Å². The van der Waals surface area contributed by atoms with Crippen LogP contribution in [0.4, 0.5) is 11.4 Å². The number of para-hydroxylation sites is 2. The lowest BCUT2D eigenvalue weighted by Gasteiger charge is -2.15. The van der Waals surface area contributed by atoms with E-state index in [0.717, 1.165) is 33.2 Å². The Morgan fingerprint density at radius 1 is 0.760 bits per heavy atom. The molecule has 1 aromatic heterocycles. The van der Waals surface area contributed by atoms with Crippen LogP contribution in [0.15, 0.2) is 72.8 Å². The number of hydrogen-bond acceptors (Lipinski definition) is 2. The molecule has 0 aliphatic rings. The van der Waals surface area contributed by atoms with Crippen LogP contribution in [0.25, 0.3) is 21.8 Å². The molecule has 122 valence electrons. The van der Waals surface area contributed by atoms with Crippen LogP contribution in [-0.2, 0) is 0 Å². The maximum Gasteiger partial charge on any atom is 0.175 e. The van der Waals surface area contributed by atoms with Crippen molar-refractivity contribution >= 4 is 50.5 Å². The Bertz CT molecular complexity index is 1020. The molecule has 3 aromatic carbocycles. The van der Waals surface area contributed by atoms with Gasteiger partial charge in [-0.1, -0.05) is 54.1 Å². The molecule has 0 fully saturated rings. The summed E-state index contributed by atoms with van der Waals surface area (Å²) in [5, 5.41) is 9.28. The number of anilines is 2. The van der Waals surface area contributed by atoms with Crippen molar-refractivity contribution in [3.63, 3.8) is 0 Å². The Labute approximate surface area is 151 Å². The molecular formula is C21H17N3S. The molecule has 25 heavy (non-hydrogen) atoms. The third kappa shape index (κ3) is 3.16. The number of benzene rings is 3. The second-order valence-corrected chi connectivity index (χ2v) is 6.37. The average molecular weight is 343 g/mol. The molecule has 4 rings (SSSR count). The smallest absolute Gasteiger partial charge is 0.175 e. The first kappa shape index (κ1) is 15.5. The lowest BCUT2D eigenvalue weighted by atomic mass is 10.1. The second kappa shape index (κ2) is 6.49. The number of aryl methyl sites for hydroxylation is 1. The van der Waals surface area contributed by atoms with E-state index < -0.39 is 0 Å². The zero-order chi connectivity index (χ0) is 17.2. The highest BCUT2D eigenvalue weighted by molar-refractivity contribution is 7.80. The van der Waals surface area contributed by atoms with Crippen molar-refractivity contribution < 1.29 is 0 Å². The predicted molar refractivity (Wildman–Crippen MR) is 110 cm³/mol. The average Bonchev–Trinajstić information content (AvgIpc) is 2.63. The fraction of sp³-hybridized carbons (Fsp3) is 0.0476. The van der Waals surface area contributed by atoms with E-state index in [9.17, 15) is 0 Å². The molecule has 0 amide bonds. The molecule has 4 heteroatoms. The van der Waals surface area contributed by atoms with Crippen molar-refractivity contribution in [3.8, 4) is 0 Å². The molecule has 0 saturated heterocycles. The van der Waals surface area contributed by atoms with Gasteiger partial charge in [0.05, 0.1) is 16.7 Å². The second-order valence-electron chi connectivity index (χ2n) is 5.97. The van der Waals surface area contributed by atoms with Gasteiger partial charge in [0, 0.05) is 16.5 Å². The van der Waals surface area contributed by atoms with Crippen molar-refractivity contribution in [1.82, 2.24) is 4.98 Å². The number of nitrogens with one attached hydrogen (secondary N) is 2. The van der Waals surface area contributed by atoms with Gasteiger partial charge < -0.3 is 10.6 Å². The van der Waals surface area contributed by atoms with E-state index in [4.69, 9.17) is 17.2 Å². The van der Waals surface area contributed by atoms with Crippen LogP contribution in [0, 0.1) is 6.92 Å². The third-order valence-corrected chi connectivity index (χ3v) is 4.34. The van der Waals surface area contributed by atoms with Gasteiger partial charge in [-0.05, 0) is 43.4 Å².